The number of nitrogens with zero attached hydrogens (tertiary/aromatic N) is 2. The molecule has 2 unspecified atom stereocenters. The summed E-state index contributed by atoms with van der Waals surface area (Å²) in [6, 6.07) is 3.14. The summed E-state index contributed by atoms with van der Waals surface area (Å²) in [6.45, 7) is 6.38. The van der Waals surface area contributed by atoms with Crippen LogP contribution in [0.15, 0.2) is 23.1 Å². The van der Waals surface area contributed by atoms with Gasteiger partial charge in [-0.3, -0.25) is 4.57 Å². The van der Waals surface area contributed by atoms with Crippen LogP contribution in [0.3, 0.4) is 0 Å². The molecule has 0 saturated heterocycles. The molecule has 0 amide bonds. The molecule has 0 bridgehead atoms. The van der Waals surface area contributed by atoms with E-state index in [2.05, 4.69) is 20.5 Å². The molecule has 2 atom stereocenters. The van der Waals surface area contributed by atoms with Crippen molar-refractivity contribution in [3.05, 3.63) is 38.9 Å². The van der Waals surface area contributed by atoms with Crippen molar-refractivity contribution >= 4 is 31.1 Å². The predicted molar refractivity (Wildman–Crippen MR) is 101 cm³/mol. The number of hydrogen-bond acceptors (Lipinski definition) is 3. The van der Waals surface area contributed by atoms with Gasteiger partial charge in [-0.15, -0.1) is 0 Å². The topological polar surface area (TPSA) is 56.4 Å². The standard InChI is InChI=1S/C16H21Cl2N2O3P/c1-5-15(24(4)6-2)23-13-8-12(10(17)7-11(13)18)20-14(21)9-19(3)16(20)22/h7-9,15,21H,5-6H2,1-4H3. The number of aromatic nitrogens is 2. The van der Waals surface area contributed by atoms with E-state index in [0.717, 1.165) is 17.1 Å². The fourth-order valence-electron chi connectivity index (χ4n) is 2.38. The van der Waals surface area contributed by atoms with E-state index in [1.54, 1.807) is 13.1 Å². The highest BCUT2D eigenvalue weighted by molar-refractivity contribution is 7.57. The van der Waals surface area contributed by atoms with Crippen molar-refractivity contribution in [2.45, 2.75) is 26.1 Å². The molecular weight excluding hydrogens is 370 g/mol. The Morgan fingerprint density at radius 3 is 2.46 bits per heavy atom. The molecule has 0 radical (unpaired) electrons. The molecule has 0 aliphatic carbocycles. The smallest absolute Gasteiger partial charge is 0.335 e. The maximum atomic E-state index is 12.2. The molecule has 2 aromatic rings. The molecule has 0 aliphatic heterocycles. The van der Waals surface area contributed by atoms with E-state index in [-0.39, 0.29) is 24.7 Å². The van der Waals surface area contributed by atoms with Crippen molar-refractivity contribution in [2.75, 3.05) is 12.8 Å². The number of aromatic hydroxyl groups is 1. The Balaban J connectivity index is 2.51. The summed E-state index contributed by atoms with van der Waals surface area (Å²) in [5, 5.41) is 10.7. The van der Waals surface area contributed by atoms with Gasteiger partial charge >= 0.3 is 5.69 Å². The quantitative estimate of drug-likeness (QED) is 0.741. The van der Waals surface area contributed by atoms with E-state index in [9.17, 15) is 9.90 Å². The van der Waals surface area contributed by atoms with E-state index >= 15 is 0 Å². The molecule has 132 valence electrons. The molecular formula is C16H21Cl2N2O3P. The Bertz CT molecular complexity index is 788. The molecule has 1 aromatic carbocycles. The number of halogens is 2. The largest absolute Gasteiger partial charge is 0.493 e. The predicted octanol–water partition coefficient (Wildman–Crippen LogP) is 4.43. The summed E-state index contributed by atoms with van der Waals surface area (Å²) in [5.41, 5.74) is -0.0630. The first-order valence-electron chi connectivity index (χ1n) is 7.63. The number of rotatable bonds is 6. The third kappa shape index (κ3) is 3.74. The van der Waals surface area contributed by atoms with Gasteiger partial charge in [0.15, 0.2) is 0 Å². The van der Waals surface area contributed by atoms with Crippen molar-refractivity contribution in [3.63, 3.8) is 0 Å². The van der Waals surface area contributed by atoms with Crippen LogP contribution in [0, 0.1) is 0 Å². The highest BCUT2D eigenvalue weighted by Gasteiger charge is 2.20. The van der Waals surface area contributed by atoms with Crippen LogP contribution in [0.5, 0.6) is 11.6 Å². The van der Waals surface area contributed by atoms with Gasteiger partial charge in [0.1, 0.15) is 11.6 Å². The lowest BCUT2D eigenvalue weighted by Gasteiger charge is -2.24. The number of hydrogen-bond donors (Lipinski definition) is 1. The Kier molecular flexibility index (Phi) is 6.24. The fourth-order valence-corrected chi connectivity index (χ4v) is 4.22. The SMILES string of the molecule is CCC(Oc1cc(-n2c(O)cn(C)c2=O)c(Cl)cc1Cl)P(C)CC. The van der Waals surface area contributed by atoms with Gasteiger partial charge in [0.05, 0.1) is 21.9 Å². The van der Waals surface area contributed by atoms with Gasteiger partial charge in [-0.25, -0.2) is 9.36 Å². The number of imidazole rings is 1. The first-order chi connectivity index (χ1) is 11.3. The van der Waals surface area contributed by atoms with Crippen LogP contribution in [0.25, 0.3) is 5.69 Å². The minimum atomic E-state index is -0.402. The van der Waals surface area contributed by atoms with E-state index in [0.29, 0.717) is 16.5 Å². The van der Waals surface area contributed by atoms with Crippen molar-refractivity contribution in [1.82, 2.24) is 9.13 Å². The molecule has 0 fully saturated rings. The molecule has 8 heteroatoms. The molecule has 0 aliphatic rings. The molecule has 1 heterocycles. The van der Waals surface area contributed by atoms with Gasteiger partial charge in [-0.1, -0.05) is 45.0 Å². The van der Waals surface area contributed by atoms with E-state index in [1.165, 1.54) is 16.8 Å². The summed E-state index contributed by atoms with van der Waals surface area (Å²) in [7, 11) is 1.26. The van der Waals surface area contributed by atoms with Gasteiger partial charge < -0.3 is 9.84 Å². The van der Waals surface area contributed by atoms with Crippen LogP contribution in [0.1, 0.15) is 20.3 Å². The van der Waals surface area contributed by atoms with Crippen molar-refractivity contribution in [2.24, 2.45) is 7.05 Å². The molecule has 2 rings (SSSR count). The monoisotopic (exact) mass is 390 g/mol. The van der Waals surface area contributed by atoms with Crippen molar-refractivity contribution in [3.8, 4) is 17.3 Å². The number of benzene rings is 1. The van der Waals surface area contributed by atoms with Crippen LogP contribution >= 0.6 is 31.1 Å². The third-order valence-electron chi connectivity index (χ3n) is 3.88. The van der Waals surface area contributed by atoms with Gasteiger partial charge in [0.25, 0.3) is 0 Å². The maximum Gasteiger partial charge on any atom is 0.335 e. The van der Waals surface area contributed by atoms with Crippen LogP contribution in [0.2, 0.25) is 10.0 Å². The zero-order valence-electron chi connectivity index (χ0n) is 14.1. The van der Waals surface area contributed by atoms with E-state index in [4.69, 9.17) is 27.9 Å². The van der Waals surface area contributed by atoms with Crippen LogP contribution in [-0.4, -0.2) is 32.9 Å². The van der Waals surface area contributed by atoms with Gasteiger partial charge in [0, 0.05) is 13.1 Å². The second-order valence-corrected chi connectivity index (χ2v) is 9.04. The zero-order chi connectivity index (χ0) is 18.0. The average molecular weight is 391 g/mol. The van der Waals surface area contributed by atoms with E-state index in [1.807, 2.05) is 0 Å². The summed E-state index contributed by atoms with van der Waals surface area (Å²) in [4.78, 5) is 12.2. The van der Waals surface area contributed by atoms with Gasteiger partial charge in [-0.2, -0.15) is 0 Å². The van der Waals surface area contributed by atoms with Crippen molar-refractivity contribution < 1.29 is 9.84 Å². The highest BCUT2D eigenvalue weighted by atomic mass is 35.5. The highest BCUT2D eigenvalue weighted by Crippen LogP contribution is 2.42. The van der Waals surface area contributed by atoms with Crippen molar-refractivity contribution in [1.29, 1.82) is 0 Å². The van der Waals surface area contributed by atoms with Crippen LogP contribution in [-0.2, 0) is 7.05 Å². The minimum absolute atomic E-state index is 0.0672. The van der Waals surface area contributed by atoms with Crippen LogP contribution in [0.4, 0.5) is 0 Å². The Hall–Kier alpha value is -1.16. The molecule has 0 spiro atoms. The summed E-state index contributed by atoms with van der Waals surface area (Å²) in [6.07, 6.45) is 3.23. The minimum Gasteiger partial charge on any atom is -0.493 e. The second-order valence-electron chi connectivity index (χ2n) is 5.50. The molecule has 1 aromatic heterocycles. The lowest BCUT2D eigenvalue weighted by molar-refractivity contribution is 0.278. The Morgan fingerprint density at radius 1 is 1.29 bits per heavy atom. The van der Waals surface area contributed by atoms with Gasteiger partial charge in [-0.05, 0) is 25.3 Å². The number of aryl methyl sites for hydroxylation is 1. The molecule has 24 heavy (non-hydrogen) atoms. The maximum absolute atomic E-state index is 12.2. The third-order valence-corrected chi connectivity index (χ3v) is 6.93. The summed E-state index contributed by atoms with van der Waals surface area (Å²) in [5.74, 6) is 0.328. The first-order valence-corrected chi connectivity index (χ1v) is 10.4. The zero-order valence-corrected chi connectivity index (χ0v) is 16.5. The summed E-state index contributed by atoms with van der Waals surface area (Å²) < 4.78 is 8.49. The Labute approximate surface area is 152 Å². The fraction of sp³-hybridized carbons (Fsp3) is 0.438. The normalized spacial score (nSPS) is 13.8. The lowest BCUT2D eigenvalue weighted by atomic mass is 10.3. The first kappa shape index (κ1) is 19.2. The van der Waals surface area contributed by atoms with Crippen LogP contribution < -0.4 is 10.4 Å². The van der Waals surface area contributed by atoms with E-state index < -0.39 is 5.69 Å². The second kappa shape index (κ2) is 7.81. The molecule has 5 nitrogen and oxygen atoms in total. The summed E-state index contributed by atoms with van der Waals surface area (Å²) >= 11 is 12.5. The number of ether oxygens (including phenoxy) is 1. The van der Waals surface area contributed by atoms with Gasteiger partial charge in [0.2, 0.25) is 5.88 Å². The molecule has 1 N–H and O–H groups in total. The molecule has 0 saturated carbocycles. The average Bonchev–Trinajstić information content (AvgIpc) is 2.79. The Morgan fingerprint density at radius 2 is 1.96 bits per heavy atom. The lowest BCUT2D eigenvalue weighted by Crippen LogP contribution is -2.21.